The van der Waals surface area contributed by atoms with E-state index in [0.29, 0.717) is 12.8 Å². The van der Waals surface area contributed by atoms with Gasteiger partial charge in [0, 0.05) is 25.8 Å². The number of Topliss-reactive ketones (excluding diaryl/α,β-unsaturated/α-hetero) is 1. The van der Waals surface area contributed by atoms with Crippen molar-refractivity contribution in [3.8, 4) is 0 Å². The molecule has 1 rings (SSSR count). The zero-order chi connectivity index (χ0) is 43.9. The van der Waals surface area contributed by atoms with Crippen molar-refractivity contribution < 1.29 is 44.3 Å². The molecule has 346 valence electrons. The van der Waals surface area contributed by atoms with Gasteiger partial charge >= 0.3 is 5.97 Å². The summed E-state index contributed by atoms with van der Waals surface area (Å²) < 4.78 is 6.17. The maximum atomic E-state index is 14.6. The van der Waals surface area contributed by atoms with E-state index in [1.165, 1.54) is 108 Å². The fourth-order valence-corrected chi connectivity index (χ4v) is 8.43. The molecule has 6 atom stereocenters. The van der Waals surface area contributed by atoms with Crippen molar-refractivity contribution in [2.75, 3.05) is 13.2 Å². The van der Waals surface area contributed by atoms with Crippen LogP contribution < -0.4 is 11.1 Å². The molecule has 1 aliphatic rings. The van der Waals surface area contributed by atoms with Crippen LogP contribution in [0.4, 0.5) is 0 Å². The maximum absolute atomic E-state index is 14.6. The molecule has 0 radical (unpaired) electrons. The zero-order valence-electron chi connectivity index (χ0n) is 37.9. The van der Waals surface area contributed by atoms with Gasteiger partial charge in [0.2, 0.25) is 17.7 Å². The average Bonchev–Trinajstić information content (AvgIpc) is 3.19. The molecule has 0 aromatic heterocycles. The molecule has 1 aliphatic heterocycles. The van der Waals surface area contributed by atoms with E-state index in [0.717, 1.165) is 44.9 Å². The summed E-state index contributed by atoms with van der Waals surface area (Å²) in [5, 5.41) is 44.6. The van der Waals surface area contributed by atoms with E-state index < -0.39 is 60.4 Å². The normalized spacial score (nSPS) is 21.1. The van der Waals surface area contributed by atoms with Gasteiger partial charge in [-0.1, -0.05) is 175 Å². The standard InChI is InChI=1S/C47H89N3O9/c1-5-7-9-11-13-15-16-17-18-19-20-21-23-25-27-29-34-50(41(53)32-28-26-24-22-14-12-10-8-6-2)47(48)43(46(58)45(57)39(36-51)59-47)44(56)38(35-37(3)4)49-40(52)31-30-33-42(54)55/h37-39,43,45-46,51,57-58H,5-36,48H2,1-4H3,(H,49,52)(H,54,55)/t38-,39+,43+,45+,46+,47-/m0/s1. The summed E-state index contributed by atoms with van der Waals surface area (Å²) in [5.74, 6) is -6.52. The SMILES string of the molecule is CCCCCCCCCCCCCCCCCCN(C(=O)CCCCCCCCCCC)[C@]1(N)O[C@H](CO)[C@@H](O)[C@H](O)[C@H]1C(=O)[C@H](CC(C)C)NC(=O)CCCC(=O)O. The number of aliphatic carboxylic acids is 1. The van der Waals surface area contributed by atoms with Crippen LogP contribution in [0.1, 0.15) is 220 Å². The van der Waals surface area contributed by atoms with E-state index >= 15 is 0 Å². The van der Waals surface area contributed by atoms with Crippen molar-refractivity contribution in [2.45, 2.75) is 251 Å². The number of carbonyl (C=O) groups excluding carboxylic acids is 3. The van der Waals surface area contributed by atoms with E-state index in [1.807, 2.05) is 13.8 Å². The number of hydrogen-bond donors (Lipinski definition) is 6. The van der Waals surface area contributed by atoms with Crippen LogP contribution >= 0.6 is 0 Å². The van der Waals surface area contributed by atoms with Crippen molar-refractivity contribution in [1.29, 1.82) is 0 Å². The number of carboxylic acids is 1. The lowest BCUT2D eigenvalue weighted by Crippen LogP contribution is -2.76. The number of aliphatic hydroxyl groups excluding tert-OH is 3. The lowest BCUT2D eigenvalue weighted by atomic mass is 9.79. The lowest BCUT2D eigenvalue weighted by Gasteiger charge is -2.53. The van der Waals surface area contributed by atoms with Crippen LogP contribution in [0, 0.1) is 11.8 Å². The van der Waals surface area contributed by atoms with Crippen LogP contribution in [0.15, 0.2) is 0 Å². The van der Waals surface area contributed by atoms with E-state index in [4.69, 9.17) is 15.6 Å². The Bertz CT molecular complexity index is 1120. The highest BCUT2D eigenvalue weighted by Gasteiger charge is 2.59. The van der Waals surface area contributed by atoms with E-state index in [2.05, 4.69) is 19.2 Å². The number of nitrogens with one attached hydrogen (secondary N) is 1. The second-order valence-electron chi connectivity index (χ2n) is 17.9. The quantitative estimate of drug-likeness (QED) is 0.0258. The van der Waals surface area contributed by atoms with Gasteiger partial charge < -0.3 is 35.4 Å². The van der Waals surface area contributed by atoms with Crippen LogP contribution in [0.3, 0.4) is 0 Å². The Balaban J connectivity index is 3.08. The summed E-state index contributed by atoms with van der Waals surface area (Å²) in [6.07, 6.45) is 24.0. The van der Waals surface area contributed by atoms with Crippen LogP contribution in [-0.2, 0) is 23.9 Å². The highest BCUT2D eigenvalue weighted by molar-refractivity contribution is 5.92. The first-order valence-electron chi connectivity index (χ1n) is 24.1. The van der Waals surface area contributed by atoms with Crippen LogP contribution in [0.2, 0.25) is 0 Å². The molecule has 0 bridgehead atoms. The Morgan fingerprint density at radius 1 is 0.644 bits per heavy atom. The molecule has 59 heavy (non-hydrogen) atoms. The number of nitrogens with two attached hydrogens (primary N) is 1. The molecule has 12 nitrogen and oxygen atoms in total. The number of nitrogens with zero attached hydrogens (tertiary/aromatic N) is 1. The molecule has 0 saturated carbocycles. The molecule has 12 heteroatoms. The number of ether oxygens (including phenoxy) is 1. The van der Waals surface area contributed by atoms with Gasteiger partial charge in [-0.15, -0.1) is 0 Å². The molecule has 0 spiro atoms. The van der Waals surface area contributed by atoms with Crippen LogP contribution in [0.25, 0.3) is 0 Å². The van der Waals surface area contributed by atoms with E-state index in [-0.39, 0.29) is 50.5 Å². The van der Waals surface area contributed by atoms with Gasteiger partial charge in [0.1, 0.15) is 18.1 Å². The molecule has 0 unspecified atom stereocenters. The third-order valence-corrected chi connectivity index (χ3v) is 12.0. The summed E-state index contributed by atoms with van der Waals surface area (Å²) in [6.45, 7) is 7.65. The number of amides is 2. The summed E-state index contributed by atoms with van der Waals surface area (Å²) >= 11 is 0. The minimum Gasteiger partial charge on any atom is -0.481 e. The zero-order valence-corrected chi connectivity index (χ0v) is 37.9. The first-order chi connectivity index (χ1) is 28.3. The van der Waals surface area contributed by atoms with Gasteiger partial charge in [-0.2, -0.15) is 0 Å². The highest BCUT2D eigenvalue weighted by atomic mass is 16.6. The van der Waals surface area contributed by atoms with Gasteiger partial charge in [-0.3, -0.25) is 24.9 Å². The Kier molecular flexibility index (Phi) is 31.2. The second-order valence-corrected chi connectivity index (χ2v) is 17.9. The summed E-state index contributed by atoms with van der Waals surface area (Å²) in [4.78, 5) is 54.1. The second kappa shape index (κ2) is 33.5. The lowest BCUT2D eigenvalue weighted by molar-refractivity contribution is -0.292. The van der Waals surface area contributed by atoms with Crippen LogP contribution in [-0.4, -0.2) is 92.2 Å². The van der Waals surface area contributed by atoms with Gasteiger partial charge in [0.25, 0.3) is 0 Å². The van der Waals surface area contributed by atoms with E-state index in [9.17, 15) is 34.5 Å². The number of carboxylic acid groups (broad SMARTS) is 1. The molecule has 1 heterocycles. The Hall–Kier alpha value is -2.12. The predicted octanol–water partition coefficient (Wildman–Crippen LogP) is 8.69. The fraction of sp³-hybridized carbons (Fsp3) is 0.915. The molecule has 1 saturated heterocycles. The van der Waals surface area contributed by atoms with Crippen molar-refractivity contribution in [2.24, 2.45) is 17.6 Å². The number of carbonyl (C=O) groups is 4. The van der Waals surface area contributed by atoms with Crippen molar-refractivity contribution in [3.63, 3.8) is 0 Å². The van der Waals surface area contributed by atoms with E-state index in [1.54, 1.807) is 0 Å². The number of unbranched alkanes of at least 4 members (excludes halogenated alkanes) is 23. The molecule has 1 fully saturated rings. The number of ketones is 1. The van der Waals surface area contributed by atoms with Crippen molar-refractivity contribution in [1.82, 2.24) is 10.2 Å². The first kappa shape index (κ1) is 54.9. The Morgan fingerprint density at radius 3 is 1.51 bits per heavy atom. The molecule has 0 aromatic rings. The molecule has 0 aromatic carbocycles. The third-order valence-electron chi connectivity index (χ3n) is 12.0. The average molecular weight is 840 g/mol. The molecular weight excluding hydrogens is 751 g/mol. The monoisotopic (exact) mass is 840 g/mol. The Labute approximate surface area is 358 Å². The molecular formula is C47H89N3O9. The minimum atomic E-state index is -2.21. The van der Waals surface area contributed by atoms with Gasteiger partial charge in [0.15, 0.2) is 5.78 Å². The fourth-order valence-electron chi connectivity index (χ4n) is 8.43. The predicted molar refractivity (Wildman–Crippen MR) is 235 cm³/mol. The Morgan fingerprint density at radius 2 is 1.08 bits per heavy atom. The topological polar surface area (TPSA) is 200 Å². The number of aliphatic hydroxyl groups is 3. The summed E-state index contributed by atoms with van der Waals surface area (Å²) in [7, 11) is 0. The minimum absolute atomic E-state index is 0.0804. The molecule has 2 amide bonds. The number of hydrogen-bond acceptors (Lipinski definition) is 9. The van der Waals surface area contributed by atoms with Crippen molar-refractivity contribution >= 4 is 23.6 Å². The van der Waals surface area contributed by atoms with Crippen LogP contribution in [0.5, 0.6) is 0 Å². The summed E-state index contributed by atoms with van der Waals surface area (Å²) in [6, 6.07) is -1.15. The van der Waals surface area contributed by atoms with Gasteiger partial charge in [-0.05, 0) is 31.6 Å². The molecule has 7 N–H and O–H groups in total. The van der Waals surface area contributed by atoms with Gasteiger partial charge in [-0.25, -0.2) is 0 Å². The molecule has 0 aliphatic carbocycles. The van der Waals surface area contributed by atoms with Gasteiger partial charge in [0.05, 0.1) is 18.8 Å². The largest absolute Gasteiger partial charge is 0.481 e. The maximum Gasteiger partial charge on any atom is 0.303 e. The highest BCUT2D eigenvalue weighted by Crippen LogP contribution is 2.37. The summed E-state index contributed by atoms with van der Waals surface area (Å²) in [5.41, 5.74) is 7.06. The first-order valence-corrected chi connectivity index (χ1v) is 24.1. The number of rotatable bonds is 38. The smallest absolute Gasteiger partial charge is 0.303 e. The van der Waals surface area contributed by atoms with Crippen molar-refractivity contribution in [3.05, 3.63) is 0 Å². The third kappa shape index (κ3) is 23.1.